The molecule has 1 fully saturated rings. The number of ether oxygens (including phenoxy) is 1. The highest BCUT2D eigenvalue weighted by Crippen LogP contribution is 2.33. The van der Waals surface area contributed by atoms with E-state index in [-0.39, 0.29) is 10.6 Å². The van der Waals surface area contributed by atoms with Crippen LogP contribution in [0.2, 0.25) is 0 Å². The van der Waals surface area contributed by atoms with E-state index in [4.69, 9.17) is 4.74 Å². The van der Waals surface area contributed by atoms with Crippen LogP contribution < -0.4 is 10.6 Å². The highest BCUT2D eigenvalue weighted by Gasteiger charge is 2.20. The van der Waals surface area contributed by atoms with Gasteiger partial charge in [-0.3, -0.25) is 10.1 Å². The van der Waals surface area contributed by atoms with Crippen LogP contribution in [0.3, 0.4) is 0 Å². The molecule has 110 valence electrons. The molecule has 6 nitrogen and oxygen atoms in total. The first-order chi connectivity index (χ1) is 9.72. The molecule has 1 saturated heterocycles. The molecule has 1 unspecified atom stereocenters. The van der Waals surface area contributed by atoms with Gasteiger partial charge in [-0.05, 0) is 37.8 Å². The molecule has 1 aliphatic heterocycles. The van der Waals surface area contributed by atoms with Crippen molar-refractivity contribution in [2.75, 3.05) is 36.9 Å². The maximum Gasteiger partial charge on any atom is 0.315 e. The number of hydrogen-bond donors (Lipinski definition) is 2. The van der Waals surface area contributed by atoms with Gasteiger partial charge in [0.15, 0.2) is 0 Å². The summed E-state index contributed by atoms with van der Waals surface area (Å²) in [6.45, 7) is 4.83. The zero-order valence-corrected chi connectivity index (χ0v) is 11.7. The van der Waals surface area contributed by atoms with E-state index in [1.165, 1.54) is 0 Å². The number of hydrogen-bond acceptors (Lipinski definition) is 5. The van der Waals surface area contributed by atoms with Gasteiger partial charge in [0.1, 0.15) is 11.4 Å². The lowest BCUT2D eigenvalue weighted by Gasteiger charge is -2.22. The van der Waals surface area contributed by atoms with Crippen molar-refractivity contribution in [3.05, 3.63) is 28.3 Å². The topological polar surface area (TPSA) is 76.4 Å². The number of nitrogens with zero attached hydrogens (tertiary/aromatic N) is 1. The van der Waals surface area contributed by atoms with Gasteiger partial charge in [0.2, 0.25) is 0 Å². The number of nitro benzene ring substituents is 1. The molecule has 1 aromatic rings. The average Bonchev–Trinajstić information content (AvgIpc) is 2.46. The van der Waals surface area contributed by atoms with E-state index < -0.39 is 0 Å². The van der Waals surface area contributed by atoms with Crippen molar-refractivity contribution in [3.8, 4) is 0 Å². The molecule has 0 bridgehead atoms. The highest BCUT2D eigenvalue weighted by atomic mass is 16.6. The maximum absolute atomic E-state index is 11.3. The third-order valence-corrected chi connectivity index (χ3v) is 3.42. The molecule has 0 amide bonds. The Morgan fingerprint density at radius 2 is 2.15 bits per heavy atom. The van der Waals surface area contributed by atoms with Gasteiger partial charge in [0.25, 0.3) is 0 Å². The predicted octanol–water partition coefficient (Wildman–Crippen LogP) is 2.87. The zero-order valence-electron chi connectivity index (χ0n) is 11.7. The van der Waals surface area contributed by atoms with E-state index in [2.05, 4.69) is 10.6 Å². The van der Waals surface area contributed by atoms with Crippen LogP contribution in [0.5, 0.6) is 0 Å². The molecule has 0 radical (unpaired) electrons. The van der Waals surface area contributed by atoms with Crippen molar-refractivity contribution in [2.24, 2.45) is 5.92 Å². The number of para-hydroxylation sites is 1. The molecule has 1 heterocycles. The molecule has 2 N–H and O–H groups in total. The lowest BCUT2D eigenvalue weighted by Crippen LogP contribution is -2.24. The van der Waals surface area contributed by atoms with Crippen LogP contribution in [0.4, 0.5) is 17.1 Å². The smallest absolute Gasteiger partial charge is 0.315 e. The SMILES string of the molecule is CCNc1cccc(NCC2CCCOC2)c1[N+](=O)[O-]. The third kappa shape index (κ3) is 3.60. The van der Waals surface area contributed by atoms with E-state index in [1.54, 1.807) is 12.1 Å². The second-order valence-electron chi connectivity index (χ2n) is 4.95. The molecule has 0 aromatic heterocycles. The molecule has 1 aliphatic rings. The van der Waals surface area contributed by atoms with Crippen molar-refractivity contribution in [1.29, 1.82) is 0 Å². The van der Waals surface area contributed by atoms with Gasteiger partial charge in [0, 0.05) is 19.7 Å². The van der Waals surface area contributed by atoms with Crippen LogP contribution in [0, 0.1) is 16.0 Å². The number of nitro groups is 1. The number of benzene rings is 1. The molecular weight excluding hydrogens is 258 g/mol. The molecule has 0 spiro atoms. The fourth-order valence-electron chi connectivity index (χ4n) is 2.44. The van der Waals surface area contributed by atoms with E-state index >= 15 is 0 Å². The Morgan fingerprint density at radius 3 is 2.75 bits per heavy atom. The Balaban J connectivity index is 2.09. The van der Waals surface area contributed by atoms with Crippen molar-refractivity contribution in [1.82, 2.24) is 0 Å². The molecule has 2 rings (SSSR count). The normalized spacial score (nSPS) is 18.6. The van der Waals surface area contributed by atoms with E-state index in [1.807, 2.05) is 13.0 Å². The first-order valence-electron chi connectivity index (χ1n) is 7.05. The monoisotopic (exact) mass is 279 g/mol. The standard InChI is InChI=1S/C14H21N3O3/c1-2-15-12-6-3-7-13(14(12)17(18)19)16-9-11-5-4-8-20-10-11/h3,6-7,11,15-16H,2,4-5,8-10H2,1H3. The summed E-state index contributed by atoms with van der Waals surface area (Å²) in [5.74, 6) is 0.422. The molecule has 0 aliphatic carbocycles. The van der Waals surface area contributed by atoms with Crippen LogP contribution >= 0.6 is 0 Å². The Hall–Kier alpha value is -1.82. The van der Waals surface area contributed by atoms with Gasteiger partial charge in [-0.25, -0.2) is 0 Å². The van der Waals surface area contributed by atoms with E-state index in [0.717, 1.165) is 26.1 Å². The molecule has 0 saturated carbocycles. The molecule has 20 heavy (non-hydrogen) atoms. The van der Waals surface area contributed by atoms with Crippen LogP contribution in [-0.2, 0) is 4.74 Å². The summed E-state index contributed by atoms with van der Waals surface area (Å²) in [4.78, 5) is 10.9. The summed E-state index contributed by atoms with van der Waals surface area (Å²) in [5, 5.41) is 17.5. The fourth-order valence-corrected chi connectivity index (χ4v) is 2.44. The van der Waals surface area contributed by atoms with E-state index in [9.17, 15) is 10.1 Å². The van der Waals surface area contributed by atoms with Crippen molar-refractivity contribution >= 4 is 17.1 Å². The number of rotatable bonds is 6. The Morgan fingerprint density at radius 1 is 1.40 bits per heavy atom. The summed E-state index contributed by atoms with van der Waals surface area (Å²) in [6.07, 6.45) is 2.17. The lowest BCUT2D eigenvalue weighted by atomic mass is 10.0. The Bertz CT molecular complexity index is 459. The van der Waals surface area contributed by atoms with Crippen LogP contribution in [-0.4, -0.2) is 31.2 Å². The maximum atomic E-state index is 11.3. The summed E-state index contributed by atoms with van der Waals surface area (Å²) in [6, 6.07) is 5.31. The predicted molar refractivity (Wildman–Crippen MR) is 79.3 cm³/mol. The van der Waals surface area contributed by atoms with Crippen molar-refractivity contribution in [3.63, 3.8) is 0 Å². The quantitative estimate of drug-likeness (QED) is 0.618. The second kappa shape index (κ2) is 7.09. The van der Waals surface area contributed by atoms with Gasteiger partial charge in [0.05, 0.1) is 11.5 Å². The number of nitrogens with one attached hydrogen (secondary N) is 2. The number of anilines is 2. The minimum absolute atomic E-state index is 0.117. The van der Waals surface area contributed by atoms with E-state index in [0.29, 0.717) is 30.4 Å². The van der Waals surface area contributed by atoms with Gasteiger partial charge >= 0.3 is 5.69 Å². The summed E-state index contributed by atoms with van der Waals surface area (Å²) >= 11 is 0. The molecule has 1 aromatic carbocycles. The molecule has 1 atom stereocenters. The van der Waals surface area contributed by atoms with Gasteiger partial charge in [-0.1, -0.05) is 6.07 Å². The molecule has 6 heteroatoms. The Kier molecular flexibility index (Phi) is 5.17. The summed E-state index contributed by atoms with van der Waals surface area (Å²) < 4.78 is 5.42. The summed E-state index contributed by atoms with van der Waals surface area (Å²) in [5.41, 5.74) is 1.24. The van der Waals surface area contributed by atoms with Crippen LogP contribution in [0.15, 0.2) is 18.2 Å². The van der Waals surface area contributed by atoms with Gasteiger partial charge in [-0.15, -0.1) is 0 Å². The van der Waals surface area contributed by atoms with Gasteiger partial charge < -0.3 is 15.4 Å². The van der Waals surface area contributed by atoms with Crippen molar-refractivity contribution in [2.45, 2.75) is 19.8 Å². The highest BCUT2D eigenvalue weighted by molar-refractivity contribution is 5.76. The second-order valence-corrected chi connectivity index (χ2v) is 4.95. The lowest BCUT2D eigenvalue weighted by molar-refractivity contribution is -0.383. The average molecular weight is 279 g/mol. The summed E-state index contributed by atoms with van der Waals surface area (Å²) in [7, 11) is 0. The third-order valence-electron chi connectivity index (χ3n) is 3.42. The fraction of sp³-hybridized carbons (Fsp3) is 0.571. The first-order valence-corrected chi connectivity index (χ1v) is 7.05. The molecular formula is C14H21N3O3. The minimum Gasteiger partial charge on any atom is -0.381 e. The first kappa shape index (κ1) is 14.6. The zero-order chi connectivity index (χ0) is 14.4. The largest absolute Gasteiger partial charge is 0.381 e. The van der Waals surface area contributed by atoms with Crippen LogP contribution in [0.1, 0.15) is 19.8 Å². The van der Waals surface area contributed by atoms with Crippen molar-refractivity contribution < 1.29 is 9.66 Å². The van der Waals surface area contributed by atoms with Crippen LogP contribution in [0.25, 0.3) is 0 Å². The Labute approximate surface area is 118 Å². The van der Waals surface area contributed by atoms with Gasteiger partial charge in [-0.2, -0.15) is 0 Å². The minimum atomic E-state index is -0.336.